The normalized spacial score (nSPS) is 20.4. The first-order valence-corrected chi connectivity index (χ1v) is 6.78. The number of amides is 1. The SMILES string of the molecule is CNc1ccc(C)cc1C(=O)N1CCC(C(C)O)C1. The maximum atomic E-state index is 12.6. The summed E-state index contributed by atoms with van der Waals surface area (Å²) in [6.45, 7) is 5.15. The number of nitrogens with one attached hydrogen (secondary N) is 1. The lowest BCUT2D eigenvalue weighted by Crippen LogP contribution is -2.30. The Bertz CT molecular complexity index is 471. The van der Waals surface area contributed by atoms with Crippen LogP contribution in [0.5, 0.6) is 0 Å². The molecule has 1 heterocycles. The van der Waals surface area contributed by atoms with Gasteiger partial charge in [0.2, 0.25) is 0 Å². The molecule has 0 aliphatic carbocycles. The van der Waals surface area contributed by atoms with E-state index in [2.05, 4.69) is 5.32 Å². The molecule has 1 amide bonds. The molecular formula is C15H22N2O2. The third kappa shape index (κ3) is 2.89. The van der Waals surface area contributed by atoms with Crippen molar-refractivity contribution < 1.29 is 9.90 Å². The first kappa shape index (κ1) is 13.9. The Labute approximate surface area is 114 Å². The van der Waals surface area contributed by atoms with Gasteiger partial charge in [0.05, 0.1) is 11.7 Å². The van der Waals surface area contributed by atoms with Gasteiger partial charge in [-0.1, -0.05) is 11.6 Å². The molecular weight excluding hydrogens is 240 g/mol. The summed E-state index contributed by atoms with van der Waals surface area (Å²) in [7, 11) is 1.82. The summed E-state index contributed by atoms with van der Waals surface area (Å²) in [6.07, 6.45) is 0.531. The molecule has 0 radical (unpaired) electrons. The van der Waals surface area contributed by atoms with Gasteiger partial charge in [-0.3, -0.25) is 4.79 Å². The summed E-state index contributed by atoms with van der Waals surface area (Å²) in [4.78, 5) is 14.4. The van der Waals surface area contributed by atoms with Gasteiger partial charge in [-0.25, -0.2) is 0 Å². The highest BCUT2D eigenvalue weighted by Crippen LogP contribution is 2.24. The number of carbonyl (C=O) groups excluding carboxylic acids is 1. The van der Waals surface area contributed by atoms with Gasteiger partial charge in [-0.15, -0.1) is 0 Å². The zero-order chi connectivity index (χ0) is 14.0. The second kappa shape index (κ2) is 5.61. The minimum Gasteiger partial charge on any atom is -0.393 e. The molecule has 0 spiro atoms. The van der Waals surface area contributed by atoms with Crippen LogP contribution in [0.1, 0.15) is 29.3 Å². The number of nitrogens with zero attached hydrogens (tertiary/aromatic N) is 1. The lowest BCUT2D eigenvalue weighted by Gasteiger charge is -2.19. The molecule has 0 saturated carbocycles. The number of rotatable bonds is 3. The van der Waals surface area contributed by atoms with Crippen molar-refractivity contribution in [3.8, 4) is 0 Å². The van der Waals surface area contributed by atoms with Crippen LogP contribution in [0.15, 0.2) is 18.2 Å². The lowest BCUT2D eigenvalue weighted by atomic mass is 10.0. The van der Waals surface area contributed by atoms with Crippen LogP contribution < -0.4 is 5.32 Å². The molecule has 0 aromatic heterocycles. The fourth-order valence-corrected chi connectivity index (χ4v) is 2.59. The molecule has 2 rings (SSSR count). The molecule has 2 N–H and O–H groups in total. The summed E-state index contributed by atoms with van der Waals surface area (Å²) >= 11 is 0. The first-order chi connectivity index (χ1) is 9.02. The van der Waals surface area contributed by atoms with Gasteiger partial charge in [0.15, 0.2) is 0 Å². The van der Waals surface area contributed by atoms with Crippen molar-refractivity contribution in [2.75, 3.05) is 25.5 Å². The summed E-state index contributed by atoms with van der Waals surface area (Å²) in [6, 6.07) is 5.85. The van der Waals surface area contributed by atoms with Crippen LogP contribution in [-0.2, 0) is 0 Å². The third-order valence-electron chi connectivity index (χ3n) is 3.87. The van der Waals surface area contributed by atoms with E-state index in [9.17, 15) is 9.90 Å². The number of aliphatic hydroxyl groups is 1. The van der Waals surface area contributed by atoms with Crippen LogP contribution in [0.25, 0.3) is 0 Å². The Kier molecular flexibility index (Phi) is 4.10. The van der Waals surface area contributed by atoms with Crippen molar-refractivity contribution in [3.05, 3.63) is 29.3 Å². The van der Waals surface area contributed by atoms with Crippen LogP contribution in [0.2, 0.25) is 0 Å². The van der Waals surface area contributed by atoms with E-state index >= 15 is 0 Å². The molecule has 1 aromatic carbocycles. The molecule has 19 heavy (non-hydrogen) atoms. The molecule has 104 valence electrons. The van der Waals surface area contributed by atoms with Gasteiger partial charge in [0, 0.05) is 31.7 Å². The van der Waals surface area contributed by atoms with Crippen molar-refractivity contribution in [3.63, 3.8) is 0 Å². The van der Waals surface area contributed by atoms with Gasteiger partial charge < -0.3 is 15.3 Å². The highest BCUT2D eigenvalue weighted by Gasteiger charge is 2.30. The number of benzene rings is 1. The average molecular weight is 262 g/mol. The van der Waals surface area contributed by atoms with Crippen LogP contribution >= 0.6 is 0 Å². The van der Waals surface area contributed by atoms with Gasteiger partial charge in [-0.05, 0) is 32.4 Å². The standard InChI is InChI=1S/C15H22N2O2/c1-10-4-5-14(16-3)13(8-10)15(19)17-7-6-12(9-17)11(2)18/h4-5,8,11-12,16,18H,6-7,9H2,1-3H3. The first-order valence-electron chi connectivity index (χ1n) is 6.78. The molecule has 2 atom stereocenters. The topological polar surface area (TPSA) is 52.6 Å². The van der Waals surface area contributed by atoms with Crippen LogP contribution in [0, 0.1) is 12.8 Å². The van der Waals surface area contributed by atoms with E-state index in [-0.39, 0.29) is 17.9 Å². The molecule has 2 unspecified atom stereocenters. The maximum Gasteiger partial charge on any atom is 0.255 e. The van der Waals surface area contributed by atoms with Gasteiger partial charge in [0.1, 0.15) is 0 Å². The van der Waals surface area contributed by atoms with Crippen LogP contribution in [0.3, 0.4) is 0 Å². The van der Waals surface area contributed by atoms with E-state index in [4.69, 9.17) is 0 Å². The molecule has 1 saturated heterocycles. The van der Waals surface area contributed by atoms with E-state index < -0.39 is 0 Å². The second-order valence-electron chi connectivity index (χ2n) is 5.34. The largest absolute Gasteiger partial charge is 0.393 e. The molecule has 4 heteroatoms. The van der Waals surface area contributed by atoms with Crippen molar-refractivity contribution >= 4 is 11.6 Å². The highest BCUT2D eigenvalue weighted by atomic mass is 16.3. The average Bonchev–Trinajstić information content (AvgIpc) is 2.87. The summed E-state index contributed by atoms with van der Waals surface area (Å²) in [5.41, 5.74) is 2.65. The number of aliphatic hydroxyl groups excluding tert-OH is 1. The summed E-state index contributed by atoms with van der Waals surface area (Å²) in [5.74, 6) is 0.253. The number of aryl methyl sites for hydroxylation is 1. The Balaban J connectivity index is 2.19. The Morgan fingerprint density at radius 3 is 2.84 bits per heavy atom. The quantitative estimate of drug-likeness (QED) is 0.874. The molecule has 1 aliphatic rings. The minimum atomic E-state index is -0.348. The molecule has 4 nitrogen and oxygen atoms in total. The second-order valence-corrected chi connectivity index (χ2v) is 5.34. The fourth-order valence-electron chi connectivity index (χ4n) is 2.59. The number of carbonyl (C=O) groups is 1. The van der Waals surface area contributed by atoms with Crippen molar-refractivity contribution in [2.24, 2.45) is 5.92 Å². The summed E-state index contributed by atoms with van der Waals surface area (Å²) in [5, 5.41) is 12.7. The van der Waals surface area contributed by atoms with E-state index in [0.29, 0.717) is 12.1 Å². The fraction of sp³-hybridized carbons (Fsp3) is 0.533. The van der Waals surface area contributed by atoms with E-state index in [1.54, 1.807) is 6.92 Å². The van der Waals surface area contributed by atoms with Gasteiger partial charge in [-0.2, -0.15) is 0 Å². The summed E-state index contributed by atoms with van der Waals surface area (Å²) < 4.78 is 0. The Morgan fingerprint density at radius 1 is 1.53 bits per heavy atom. The number of hydrogen-bond acceptors (Lipinski definition) is 3. The zero-order valence-corrected chi connectivity index (χ0v) is 11.8. The van der Waals surface area contributed by atoms with Crippen LogP contribution in [-0.4, -0.2) is 42.2 Å². The number of anilines is 1. The lowest BCUT2D eigenvalue weighted by molar-refractivity contribution is 0.0763. The number of hydrogen-bond donors (Lipinski definition) is 2. The molecule has 1 aromatic rings. The Hall–Kier alpha value is -1.55. The van der Waals surface area contributed by atoms with Crippen molar-refractivity contribution in [1.82, 2.24) is 4.90 Å². The highest BCUT2D eigenvalue weighted by molar-refractivity contribution is 6.00. The van der Waals surface area contributed by atoms with Crippen LogP contribution in [0.4, 0.5) is 5.69 Å². The smallest absolute Gasteiger partial charge is 0.255 e. The maximum absolute atomic E-state index is 12.6. The zero-order valence-electron chi connectivity index (χ0n) is 11.8. The monoisotopic (exact) mass is 262 g/mol. The molecule has 0 bridgehead atoms. The predicted molar refractivity (Wildman–Crippen MR) is 76.4 cm³/mol. The van der Waals surface area contributed by atoms with E-state index in [1.807, 2.05) is 37.1 Å². The Morgan fingerprint density at radius 2 is 2.26 bits per heavy atom. The third-order valence-corrected chi connectivity index (χ3v) is 3.87. The molecule has 1 aliphatic heterocycles. The van der Waals surface area contributed by atoms with Crippen molar-refractivity contribution in [2.45, 2.75) is 26.4 Å². The predicted octanol–water partition coefficient (Wildman–Crippen LogP) is 1.88. The number of likely N-dealkylation sites (tertiary alicyclic amines) is 1. The minimum absolute atomic E-state index is 0.0520. The van der Waals surface area contributed by atoms with E-state index in [0.717, 1.165) is 24.2 Å². The van der Waals surface area contributed by atoms with Crippen molar-refractivity contribution in [1.29, 1.82) is 0 Å². The molecule has 1 fully saturated rings. The van der Waals surface area contributed by atoms with Gasteiger partial charge >= 0.3 is 0 Å². The van der Waals surface area contributed by atoms with Gasteiger partial charge in [0.25, 0.3) is 5.91 Å². The van der Waals surface area contributed by atoms with E-state index in [1.165, 1.54) is 0 Å².